The molecule has 1 aliphatic carbocycles. The molecule has 0 fully saturated rings. The fourth-order valence-electron chi connectivity index (χ4n) is 2.40. The molecular formula is C16H22. The largest absolute Gasteiger partial charge is 0.0807 e. The number of allylic oxidation sites excluding steroid dienone is 2. The minimum Gasteiger partial charge on any atom is -0.0807 e. The van der Waals surface area contributed by atoms with Crippen molar-refractivity contribution in [3.63, 3.8) is 0 Å². The molecule has 1 aliphatic rings. The summed E-state index contributed by atoms with van der Waals surface area (Å²) < 4.78 is 0. The van der Waals surface area contributed by atoms with E-state index in [-0.39, 0.29) is 0 Å². The second kappa shape index (κ2) is 5.89. The van der Waals surface area contributed by atoms with Crippen molar-refractivity contribution in [1.29, 1.82) is 0 Å². The lowest BCUT2D eigenvalue weighted by molar-refractivity contribution is 0.717. The Balaban J connectivity index is 1.93. The van der Waals surface area contributed by atoms with E-state index in [2.05, 4.69) is 37.3 Å². The lowest BCUT2D eigenvalue weighted by atomic mass is 10.0. The molecule has 0 saturated heterocycles. The number of aryl methyl sites for hydroxylation is 1. The smallest absolute Gasteiger partial charge is 0.0228 e. The summed E-state index contributed by atoms with van der Waals surface area (Å²) >= 11 is 0. The molecule has 16 heavy (non-hydrogen) atoms. The first-order valence-electron chi connectivity index (χ1n) is 6.68. The van der Waals surface area contributed by atoms with Crippen LogP contribution in [-0.2, 0) is 6.42 Å². The second-order valence-corrected chi connectivity index (χ2v) is 4.78. The molecule has 0 bridgehead atoms. The Bertz CT molecular complexity index is 343. The normalized spacial score (nSPS) is 15.2. The van der Waals surface area contributed by atoms with E-state index in [1.165, 1.54) is 56.1 Å². The first-order chi connectivity index (χ1) is 7.90. The standard InChI is InChI=1S/C16H22/c1-2-3-4-7-14-10-12-16(13-11-14)15-8-5-6-9-15/h8,10-13H,2-7,9H2,1H3. The van der Waals surface area contributed by atoms with Crippen molar-refractivity contribution in [2.24, 2.45) is 0 Å². The predicted octanol–water partition coefficient (Wildman–Crippen LogP) is 4.99. The zero-order chi connectivity index (χ0) is 11.2. The Morgan fingerprint density at radius 2 is 1.88 bits per heavy atom. The quantitative estimate of drug-likeness (QED) is 0.606. The molecule has 0 spiro atoms. The van der Waals surface area contributed by atoms with Crippen LogP contribution in [0.5, 0.6) is 0 Å². The van der Waals surface area contributed by atoms with E-state index < -0.39 is 0 Å². The molecule has 0 heterocycles. The summed E-state index contributed by atoms with van der Waals surface area (Å²) in [4.78, 5) is 0. The van der Waals surface area contributed by atoms with Gasteiger partial charge in [0.1, 0.15) is 0 Å². The third kappa shape index (κ3) is 2.98. The molecular weight excluding hydrogens is 192 g/mol. The molecule has 0 unspecified atom stereocenters. The van der Waals surface area contributed by atoms with Gasteiger partial charge in [-0.25, -0.2) is 0 Å². The van der Waals surface area contributed by atoms with E-state index in [0.29, 0.717) is 0 Å². The molecule has 0 radical (unpaired) electrons. The molecule has 0 amide bonds. The van der Waals surface area contributed by atoms with Gasteiger partial charge in [0.15, 0.2) is 0 Å². The van der Waals surface area contributed by atoms with Gasteiger partial charge >= 0.3 is 0 Å². The lowest BCUT2D eigenvalue weighted by Crippen LogP contribution is -1.87. The Morgan fingerprint density at radius 3 is 2.50 bits per heavy atom. The van der Waals surface area contributed by atoms with Crippen LogP contribution in [-0.4, -0.2) is 0 Å². The summed E-state index contributed by atoms with van der Waals surface area (Å²) in [5.74, 6) is 0. The van der Waals surface area contributed by atoms with Gasteiger partial charge in [-0.15, -0.1) is 0 Å². The van der Waals surface area contributed by atoms with E-state index in [1.807, 2.05) is 0 Å². The van der Waals surface area contributed by atoms with Crippen LogP contribution in [0, 0.1) is 0 Å². The number of hydrogen-bond acceptors (Lipinski definition) is 0. The second-order valence-electron chi connectivity index (χ2n) is 4.78. The highest BCUT2D eigenvalue weighted by atomic mass is 14.1. The van der Waals surface area contributed by atoms with E-state index in [4.69, 9.17) is 0 Å². The summed E-state index contributed by atoms with van der Waals surface area (Å²) in [6.07, 6.45) is 11.5. The van der Waals surface area contributed by atoms with Crippen LogP contribution in [0.25, 0.3) is 5.57 Å². The fraction of sp³-hybridized carbons (Fsp3) is 0.500. The first kappa shape index (κ1) is 11.4. The van der Waals surface area contributed by atoms with Crippen molar-refractivity contribution in [1.82, 2.24) is 0 Å². The van der Waals surface area contributed by atoms with Crippen LogP contribution in [0.3, 0.4) is 0 Å². The fourth-order valence-corrected chi connectivity index (χ4v) is 2.40. The van der Waals surface area contributed by atoms with Gasteiger partial charge in [0.05, 0.1) is 0 Å². The Hall–Kier alpha value is -1.04. The van der Waals surface area contributed by atoms with Crippen LogP contribution in [0.2, 0.25) is 0 Å². The summed E-state index contributed by atoms with van der Waals surface area (Å²) in [5.41, 5.74) is 4.49. The lowest BCUT2D eigenvalue weighted by Gasteiger charge is -2.04. The molecule has 0 saturated carbocycles. The maximum Gasteiger partial charge on any atom is -0.0228 e. The molecule has 0 heteroatoms. The van der Waals surface area contributed by atoms with Crippen molar-refractivity contribution >= 4 is 5.57 Å². The van der Waals surface area contributed by atoms with Gasteiger partial charge in [-0.3, -0.25) is 0 Å². The SMILES string of the molecule is CCCCCc1ccc(C2=CCCC2)cc1. The van der Waals surface area contributed by atoms with Crippen molar-refractivity contribution in [3.05, 3.63) is 41.5 Å². The average molecular weight is 214 g/mol. The highest BCUT2D eigenvalue weighted by Crippen LogP contribution is 2.27. The zero-order valence-electron chi connectivity index (χ0n) is 10.3. The van der Waals surface area contributed by atoms with E-state index in [0.717, 1.165) is 0 Å². The van der Waals surface area contributed by atoms with Gasteiger partial charge in [0, 0.05) is 0 Å². The third-order valence-electron chi connectivity index (χ3n) is 3.43. The summed E-state index contributed by atoms with van der Waals surface area (Å²) in [7, 11) is 0. The highest BCUT2D eigenvalue weighted by Gasteiger charge is 2.06. The molecule has 0 N–H and O–H groups in total. The van der Waals surface area contributed by atoms with Gasteiger partial charge < -0.3 is 0 Å². The summed E-state index contributed by atoms with van der Waals surface area (Å²) in [6, 6.07) is 9.23. The van der Waals surface area contributed by atoms with Crippen LogP contribution < -0.4 is 0 Å². The number of hydrogen-bond donors (Lipinski definition) is 0. The Labute approximate surface area is 99.4 Å². The van der Waals surface area contributed by atoms with Gasteiger partial charge in [0.2, 0.25) is 0 Å². The molecule has 0 atom stereocenters. The maximum absolute atomic E-state index is 2.39. The van der Waals surface area contributed by atoms with Crippen LogP contribution in [0.4, 0.5) is 0 Å². The number of unbranched alkanes of at least 4 members (excludes halogenated alkanes) is 2. The van der Waals surface area contributed by atoms with Gasteiger partial charge in [-0.1, -0.05) is 50.1 Å². The number of benzene rings is 1. The van der Waals surface area contributed by atoms with Crippen molar-refractivity contribution < 1.29 is 0 Å². The molecule has 2 rings (SSSR count). The molecule has 86 valence electrons. The van der Waals surface area contributed by atoms with Gasteiger partial charge in [-0.05, 0) is 48.8 Å². The number of rotatable bonds is 5. The molecule has 1 aromatic rings. The van der Waals surface area contributed by atoms with Gasteiger partial charge in [-0.2, -0.15) is 0 Å². The van der Waals surface area contributed by atoms with Gasteiger partial charge in [0.25, 0.3) is 0 Å². The predicted molar refractivity (Wildman–Crippen MR) is 71.5 cm³/mol. The molecule has 0 aliphatic heterocycles. The van der Waals surface area contributed by atoms with E-state index in [9.17, 15) is 0 Å². The third-order valence-corrected chi connectivity index (χ3v) is 3.43. The van der Waals surface area contributed by atoms with E-state index in [1.54, 1.807) is 5.57 Å². The maximum atomic E-state index is 2.39. The monoisotopic (exact) mass is 214 g/mol. The van der Waals surface area contributed by atoms with Crippen LogP contribution >= 0.6 is 0 Å². The minimum atomic E-state index is 1.24. The minimum absolute atomic E-state index is 1.24. The van der Waals surface area contributed by atoms with Crippen LogP contribution in [0.15, 0.2) is 30.3 Å². The summed E-state index contributed by atoms with van der Waals surface area (Å²) in [6.45, 7) is 2.26. The van der Waals surface area contributed by atoms with E-state index >= 15 is 0 Å². The summed E-state index contributed by atoms with van der Waals surface area (Å²) in [5, 5.41) is 0. The zero-order valence-corrected chi connectivity index (χ0v) is 10.3. The molecule has 0 nitrogen and oxygen atoms in total. The van der Waals surface area contributed by atoms with Crippen molar-refractivity contribution in [2.45, 2.75) is 51.9 Å². The van der Waals surface area contributed by atoms with Crippen molar-refractivity contribution in [2.75, 3.05) is 0 Å². The first-order valence-corrected chi connectivity index (χ1v) is 6.68. The Morgan fingerprint density at radius 1 is 1.06 bits per heavy atom. The topological polar surface area (TPSA) is 0 Å². The highest BCUT2D eigenvalue weighted by molar-refractivity contribution is 5.67. The molecule has 0 aromatic heterocycles. The van der Waals surface area contributed by atoms with Crippen molar-refractivity contribution in [3.8, 4) is 0 Å². The molecule has 1 aromatic carbocycles. The Kier molecular flexibility index (Phi) is 4.21. The van der Waals surface area contributed by atoms with Crippen LogP contribution in [0.1, 0.15) is 56.6 Å². The average Bonchev–Trinajstić information content (AvgIpc) is 2.84.